The molecule has 0 aliphatic rings. The van der Waals surface area contributed by atoms with Crippen molar-refractivity contribution in [3.8, 4) is 0 Å². The maximum absolute atomic E-state index is 14.2. The molecule has 1 aromatic carbocycles. The molecular formula is C16H21FINO4. The largest absolute Gasteiger partial charge is 0.443 e. The molecule has 0 aromatic heterocycles. The Morgan fingerprint density at radius 3 is 1.78 bits per heavy atom. The Balaban J connectivity index is 3.25. The van der Waals surface area contributed by atoms with Crippen molar-refractivity contribution >= 4 is 40.5 Å². The predicted octanol–water partition coefficient (Wildman–Crippen LogP) is 5.11. The Morgan fingerprint density at radius 2 is 1.43 bits per heavy atom. The zero-order valence-electron chi connectivity index (χ0n) is 14.1. The molecule has 5 nitrogen and oxygen atoms in total. The maximum Gasteiger partial charge on any atom is 0.424 e. The van der Waals surface area contributed by atoms with Gasteiger partial charge in [-0.2, -0.15) is 4.90 Å². The first-order valence-corrected chi connectivity index (χ1v) is 8.09. The number of rotatable bonds is 1. The molecule has 0 bridgehead atoms. The fourth-order valence-corrected chi connectivity index (χ4v) is 2.00. The van der Waals surface area contributed by atoms with Crippen molar-refractivity contribution in [1.29, 1.82) is 0 Å². The van der Waals surface area contributed by atoms with Crippen LogP contribution in [0.5, 0.6) is 0 Å². The summed E-state index contributed by atoms with van der Waals surface area (Å²) in [5.74, 6) is -0.714. The van der Waals surface area contributed by atoms with E-state index in [4.69, 9.17) is 9.47 Å². The predicted molar refractivity (Wildman–Crippen MR) is 94.1 cm³/mol. The van der Waals surface area contributed by atoms with Gasteiger partial charge in [0.2, 0.25) is 0 Å². The summed E-state index contributed by atoms with van der Waals surface area (Å²) in [7, 11) is 0. The molecule has 7 heteroatoms. The zero-order chi connectivity index (χ0) is 18.0. The average molecular weight is 437 g/mol. The number of benzene rings is 1. The van der Waals surface area contributed by atoms with E-state index in [0.717, 1.165) is 0 Å². The number of hydrogen-bond donors (Lipinski definition) is 0. The van der Waals surface area contributed by atoms with Crippen LogP contribution in [0.15, 0.2) is 18.2 Å². The van der Waals surface area contributed by atoms with Crippen LogP contribution in [0.4, 0.5) is 19.7 Å². The number of anilines is 1. The van der Waals surface area contributed by atoms with E-state index in [9.17, 15) is 14.0 Å². The zero-order valence-corrected chi connectivity index (χ0v) is 16.2. The van der Waals surface area contributed by atoms with E-state index < -0.39 is 29.2 Å². The number of carbonyl (C=O) groups is 2. The molecule has 0 saturated carbocycles. The molecule has 1 aromatic rings. The molecule has 0 saturated heterocycles. The maximum atomic E-state index is 14.2. The quantitative estimate of drug-likeness (QED) is 0.574. The number of carbonyl (C=O) groups excluding carboxylic acids is 2. The Hall–Kier alpha value is -1.38. The average Bonchev–Trinajstić information content (AvgIpc) is 2.27. The molecule has 0 heterocycles. The summed E-state index contributed by atoms with van der Waals surface area (Å²) >= 11 is 1.93. The topological polar surface area (TPSA) is 55.8 Å². The fraction of sp³-hybridized carbons (Fsp3) is 0.500. The number of nitrogens with zero attached hydrogens (tertiary/aromatic N) is 1. The van der Waals surface area contributed by atoms with Gasteiger partial charge in [0, 0.05) is 3.57 Å². The van der Waals surface area contributed by atoms with E-state index in [0.29, 0.717) is 8.47 Å². The molecule has 0 aliphatic heterocycles. The number of hydrogen-bond acceptors (Lipinski definition) is 4. The number of ether oxygens (including phenoxy) is 2. The summed E-state index contributed by atoms with van der Waals surface area (Å²) in [5.41, 5.74) is -1.89. The summed E-state index contributed by atoms with van der Waals surface area (Å²) in [4.78, 5) is 25.3. The van der Waals surface area contributed by atoms with Gasteiger partial charge in [0.05, 0.1) is 5.69 Å². The molecule has 1 rings (SSSR count). The highest BCUT2D eigenvalue weighted by molar-refractivity contribution is 14.1. The first kappa shape index (κ1) is 19.7. The molecule has 0 radical (unpaired) electrons. The van der Waals surface area contributed by atoms with Crippen LogP contribution in [0.25, 0.3) is 0 Å². The Morgan fingerprint density at radius 1 is 1.00 bits per heavy atom. The van der Waals surface area contributed by atoms with Gasteiger partial charge in [-0.05, 0) is 82.3 Å². The monoisotopic (exact) mass is 437 g/mol. The normalized spacial score (nSPS) is 11.8. The highest BCUT2D eigenvalue weighted by Gasteiger charge is 2.34. The standard InChI is InChI=1S/C16H21FINO4/c1-15(2,3)22-13(20)19(14(21)23-16(4,5)6)12-8-7-10(18)9-11(12)17/h7-9H,1-6H3. The van der Waals surface area contributed by atoms with Crippen molar-refractivity contribution in [3.05, 3.63) is 27.6 Å². The number of imide groups is 1. The second-order valence-corrected chi connectivity index (χ2v) is 8.14. The second kappa shape index (κ2) is 7.02. The van der Waals surface area contributed by atoms with Crippen molar-refractivity contribution < 1.29 is 23.5 Å². The molecule has 128 valence electrons. The molecule has 0 aliphatic carbocycles. The van der Waals surface area contributed by atoms with E-state index in [1.54, 1.807) is 47.6 Å². The van der Waals surface area contributed by atoms with Gasteiger partial charge in [-0.1, -0.05) is 0 Å². The third-order valence-electron chi connectivity index (χ3n) is 2.30. The van der Waals surface area contributed by atoms with Crippen LogP contribution in [0.2, 0.25) is 0 Å². The van der Waals surface area contributed by atoms with Crippen LogP contribution in [-0.4, -0.2) is 23.4 Å². The van der Waals surface area contributed by atoms with E-state index in [-0.39, 0.29) is 5.69 Å². The minimum atomic E-state index is -0.994. The van der Waals surface area contributed by atoms with Crippen molar-refractivity contribution in [2.45, 2.75) is 52.7 Å². The van der Waals surface area contributed by atoms with E-state index in [2.05, 4.69) is 0 Å². The van der Waals surface area contributed by atoms with Gasteiger partial charge in [-0.3, -0.25) is 0 Å². The van der Waals surface area contributed by atoms with Crippen molar-refractivity contribution in [2.24, 2.45) is 0 Å². The van der Waals surface area contributed by atoms with E-state index in [1.165, 1.54) is 12.1 Å². The fourth-order valence-electron chi connectivity index (χ4n) is 1.55. The van der Waals surface area contributed by atoms with Gasteiger partial charge in [-0.25, -0.2) is 14.0 Å². The Kier molecular flexibility index (Phi) is 6.00. The van der Waals surface area contributed by atoms with Crippen molar-refractivity contribution in [2.75, 3.05) is 4.90 Å². The van der Waals surface area contributed by atoms with Gasteiger partial charge in [-0.15, -0.1) is 0 Å². The summed E-state index contributed by atoms with van der Waals surface area (Å²) in [6.07, 6.45) is -1.99. The van der Waals surface area contributed by atoms with Gasteiger partial charge < -0.3 is 9.47 Å². The van der Waals surface area contributed by atoms with Crippen LogP contribution >= 0.6 is 22.6 Å². The Bertz CT molecular complexity index is 577. The van der Waals surface area contributed by atoms with Crippen LogP contribution in [0.1, 0.15) is 41.5 Å². The summed E-state index contributed by atoms with van der Waals surface area (Å²) in [5, 5.41) is 0. The van der Waals surface area contributed by atoms with Crippen LogP contribution in [0, 0.1) is 9.39 Å². The lowest BCUT2D eigenvalue weighted by molar-refractivity contribution is 0.0429. The molecule has 2 amide bonds. The Labute approximate surface area is 149 Å². The lowest BCUT2D eigenvalue weighted by Crippen LogP contribution is -2.44. The van der Waals surface area contributed by atoms with Crippen LogP contribution in [-0.2, 0) is 9.47 Å². The van der Waals surface area contributed by atoms with Crippen LogP contribution in [0.3, 0.4) is 0 Å². The first-order chi connectivity index (χ1) is 10.3. The van der Waals surface area contributed by atoms with Gasteiger partial charge in [0.25, 0.3) is 0 Å². The summed E-state index contributed by atoms with van der Waals surface area (Å²) in [6.45, 7) is 9.93. The molecule has 0 N–H and O–H groups in total. The van der Waals surface area contributed by atoms with E-state index in [1.807, 2.05) is 22.6 Å². The third kappa shape index (κ3) is 6.32. The van der Waals surface area contributed by atoms with Gasteiger partial charge in [0.1, 0.15) is 17.0 Å². The molecule has 0 spiro atoms. The molecular weight excluding hydrogens is 416 g/mol. The third-order valence-corrected chi connectivity index (χ3v) is 2.97. The lowest BCUT2D eigenvalue weighted by Gasteiger charge is -2.28. The number of halogens is 2. The van der Waals surface area contributed by atoms with Crippen molar-refractivity contribution in [3.63, 3.8) is 0 Å². The highest BCUT2D eigenvalue weighted by atomic mass is 127. The van der Waals surface area contributed by atoms with E-state index >= 15 is 0 Å². The number of amides is 2. The van der Waals surface area contributed by atoms with Gasteiger partial charge in [0.15, 0.2) is 0 Å². The molecule has 23 heavy (non-hydrogen) atoms. The van der Waals surface area contributed by atoms with Crippen LogP contribution < -0.4 is 4.90 Å². The molecule has 0 unspecified atom stereocenters. The second-order valence-electron chi connectivity index (χ2n) is 6.89. The smallest absolute Gasteiger partial charge is 0.424 e. The summed E-state index contributed by atoms with van der Waals surface area (Å²) < 4.78 is 25.2. The minimum Gasteiger partial charge on any atom is -0.443 e. The van der Waals surface area contributed by atoms with Crippen molar-refractivity contribution in [1.82, 2.24) is 0 Å². The van der Waals surface area contributed by atoms with Gasteiger partial charge >= 0.3 is 12.2 Å². The molecule has 0 atom stereocenters. The lowest BCUT2D eigenvalue weighted by atomic mass is 10.2. The first-order valence-electron chi connectivity index (χ1n) is 7.01. The minimum absolute atomic E-state index is 0.214. The SMILES string of the molecule is CC(C)(C)OC(=O)N(C(=O)OC(C)(C)C)c1ccc(I)cc1F. The highest BCUT2D eigenvalue weighted by Crippen LogP contribution is 2.25. The molecule has 0 fully saturated rings. The summed E-state index contributed by atoms with van der Waals surface area (Å²) in [6, 6.07) is 4.14.